The van der Waals surface area contributed by atoms with Crippen LogP contribution in [0.25, 0.3) is 0 Å². The first-order chi connectivity index (χ1) is 12.2. The molecule has 0 fully saturated rings. The van der Waals surface area contributed by atoms with E-state index in [1.807, 2.05) is 0 Å². The molecule has 0 aromatic rings. The summed E-state index contributed by atoms with van der Waals surface area (Å²) < 4.78 is 10.2. The third-order valence-corrected chi connectivity index (χ3v) is 5.37. The fourth-order valence-electron chi connectivity index (χ4n) is 3.42. The Labute approximate surface area is 157 Å². The molecule has 0 aromatic heterocycles. The molecule has 0 radical (unpaired) electrons. The van der Waals surface area contributed by atoms with Gasteiger partial charge in [-0.25, -0.2) is 0 Å². The van der Waals surface area contributed by atoms with Gasteiger partial charge in [0.05, 0.1) is 19.6 Å². The second-order valence-electron chi connectivity index (χ2n) is 7.51. The lowest BCUT2D eigenvalue weighted by molar-refractivity contribution is -0.143. The van der Waals surface area contributed by atoms with Gasteiger partial charge in [-0.2, -0.15) is 0 Å². The zero-order chi connectivity index (χ0) is 18.8. The van der Waals surface area contributed by atoms with Gasteiger partial charge < -0.3 is 9.47 Å². The summed E-state index contributed by atoms with van der Waals surface area (Å²) in [7, 11) is 3.18. The number of hydrogen-bond acceptors (Lipinski definition) is 3. The third kappa shape index (κ3) is 15.4. The van der Waals surface area contributed by atoms with E-state index < -0.39 is 0 Å². The number of hydrogen-bond donors (Lipinski definition) is 0. The summed E-state index contributed by atoms with van der Waals surface area (Å²) in [4.78, 5) is 11.5. The zero-order valence-electron chi connectivity index (χ0n) is 17.5. The van der Waals surface area contributed by atoms with Gasteiger partial charge in [-0.15, -0.1) is 0 Å². The van der Waals surface area contributed by atoms with Crippen LogP contribution in [0, 0.1) is 5.92 Å². The van der Waals surface area contributed by atoms with Gasteiger partial charge in [-0.1, -0.05) is 90.4 Å². The highest BCUT2D eigenvalue weighted by atomic mass is 16.5. The number of carbonyl (C=O) groups is 1. The topological polar surface area (TPSA) is 35.5 Å². The molecule has 0 saturated heterocycles. The molecule has 0 aromatic carbocycles. The number of rotatable bonds is 18. The van der Waals surface area contributed by atoms with Crippen molar-refractivity contribution in [3.63, 3.8) is 0 Å². The number of ether oxygens (including phenoxy) is 2. The Morgan fingerprint density at radius 1 is 0.760 bits per heavy atom. The zero-order valence-corrected chi connectivity index (χ0v) is 17.5. The Kier molecular flexibility index (Phi) is 17.8. The van der Waals surface area contributed by atoms with Crippen molar-refractivity contribution in [2.75, 3.05) is 14.2 Å². The van der Waals surface area contributed by atoms with Crippen LogP contribution in [0.3, 0.4) is 0 Å². The van der Waals surface area contributed by atoms with E-state index in [4.69, 9.17) is 9.47 Å². The molecular formula is C22H44O3. The SMILES string of the molecule is CCCCCCCCCCCCCCCC(CC(=O)OC)C(C)OC. The van der Waals surface area contributed by atoms with Gasteiger partial charge in [0.2, 0.25) is 0 Å². The number of unbranched alkanes of at least 4 members (excludes halogenated alkanes) is 12. The van der Waals surface area contributed by atoms with Gasteiger partial charge in [0, 0.05) is 7.11 Å². The third-order valence-electron chi connectivity index (χ3n) is 5.37. The van der Waals surface area contributed by atoms with Crippen LogP contribution in [-0.4, -0.2) is 26.3 Å². The van der Waals surface area contributed by atoms with E-state index in [0.717, 1.165) is 6.42 Å². The van der Waals surface area contributed by atoms with Crippen molar-refractivity contribution < 1.29 is 14.3 Å². The van der Waals surface area contributed by atoms with E-state index in [2.05, 4.69) is 13.8 Å². The van der Waals surface area contributed by atoms with Crippen LogP contribution in [0.5, 0.6) is 0 Å². The maximum atomic E-state index is 11.5. The lowest BCUT2D eigenvalue weighted by Crippen LogP contribution is -2.23. The monoisotopic (exact) mass is 356 g/mol. The first kappa shape index (κ1) is 24.4. The Morgan fingerprint density at radius 3 is 1.60 bits per heavy atom. The normalized spacial score (nSPS) is 13.6. The van der Waals surface area contributed by atoms with Gasteiger partial charge in [0.25, 0.3) is 0 Å². The summed E-state index contributed by atoms with van der Waals surface area (Å²) in [5, 5.41) is 0. The van der Waals surface area contributed by atoms with Gasteiger partial charge in [0.15, 0.2) is 0 Å². The van der Waals surface area contributed by atoms with Crippen molar-refractivity contribution in [1.29, 1.82) is 0 Å². The second kappa shape index (κ2) is 18.2. The number of methoxy groups -OCH3 is 2. The molecule has 2 unspecified atom stereocenters. The van der Waals surface area contributed by atoms with Crippen LogP contribution in [0.2, 0.25) is 0 Å². The van der Waals surface area contributed by atoms with Crippen molar-refractivity contribution in [2.24, 2.45) is 5.92 Å². The minimum absolute atomic E-state index is 0.122. The summed E-state index contributed by atoms with van der Waals surface area (Å²) in [6, 6.07) is 0. The predicted octanol–water partition coefficient (Wildman–Crippen LogP) is 6.68. The van der Waals surface area contributed by atoms with Crippen LogP contribution in [-0.2, 0) is 14.3 Å². The minimum Gasteiger partial charge on any atom is -0.469 e. The van der Waals surface area contributed by atoms with Crippen molar-refractivity contribution in [3.8, 4) is 0 Å². The Morgan fingerprint density at radius 2 is 1.20 bits per heavy atom. The molecule has 2 atom stereocenters. The Balaban J connectivity index is 3.49. The lowest BCUT2D eigenvalue weighted by atomic mass is 9.92. The molecule has 0 aliphatic carbocycles. The summed E-state index contributed by atoms with van der Waals surface area (Å²) in [5.41, 5.74) is 0. The van der Waals surface area contributed by atoms with E-state index in [9.17, 15) is 4.79 Å². The fraction of sp³-hybridized carbons (Fsp3) is 0.955. The first-order valence-electron chi connectivity index (χ1n) is 10.7. The maximum Gasteiger partial charge on any atom is 0.305 e. The van der Waals surface area contributed by atoms with Crippen molar-refractivity contribution in [3.05, 3.63) is 0 Å². The Hall–Kier alpha value is -0.570. The highest BCUT2D eigenvalue weighted by Crippen LogP contribution is 2.21. The van der Waals surface area contributed by atoms with Crippen molar-refractivity contribution in [1.82, 2.24) is 0 Å². The van der Waals surface area contributed by atoms with Crippen LogP contribution < -0.4 is 0 Å². The average molecular weight is 357 g/mol. The van der Waals surface area contributed by atoms with Gasteiger partial charge in [-0.3, -0.25) is 4.79 Å². The van der Waals surface area contributed by atoms with Gasteiger partial charge in [0.1, 0.15) is 0 Å². The van der Waals surface area contributed by atoms with Crippen LogP contribution >= 0.6 is 0 Å². The molecule has 0 aliphatic heterocycles. The van der Waals surface area contributed by atoms with E-state index in [1.165, 1.54) is 90.6 Å². The van der Waals surface area contributed by atoms with Crippen LogP contribution in [0.15, 0.2) is 0 Å². The highest BCUT2D eigenvalue weighted by molar-refractivity contribution is 5.69. The molecule has 0 amide bonds. The number of carbonyl (C=O) groups excluding carboxylic acids is 1. The molecule has 0 saturated carbocycles. The second-order valence-corrected chi connectivity index (χ2v) is 7.51. The van der Waals surface area contributed by atoms with E-state index >= 15 is 0 Å². The van der Waals surface area contributed by atoms with Gasteiger partial charge in [-0.05, 0) is 19.3 Å². The molecule has 0 bridgehead atoms. The average Bonchev–Trinajstić information content (AvgIpc) is 2.63. The highest BCUT2D eigenvalue weighted by Gasteiger charge is 2.20. The fourth-order valence-corrected chi connectivity index (χ4v) is 3.42. The number of esters is 1. The van der Waals surface area contributed by atoms with E-state index in [0.29, 0.717) is 6.42 Å². The van der Waals surface area contributed by atoms with Crippen LogP contribution in [0.4, 0.5) is 0 Å². The Bertz CT molecular complexity index is 291. The van der Waals surface area contributed by atoms with E-state index in [1.54, 1.807) is 7.11 Å². The summed E-state index contributed by atoms with van der Waals surface area (Å²) in [6.07, 6.45) is 19.5. The largest absolute Gasteiger partial charge is 0.469 e. The van der Waals surface area contributed by atoms with Crippen LogP contribution in [0.1, 0.15) is 110 Å². The predicted molar refractivity (Wildman–Crippen MR) is 107 cm³/mol. The molecule has 25 heavy (non-hydrogen) atoms. The maximum absolute atomic E-state index is 11.5. The quantitative estimate of drug-likeness (QED) is 0.203. The lowest BCUT2D eigenvalue weighted by Gasteiger charge is -2.21. The molecule has 0 rings (SSSR count). The summed E-state index contributed by atoms with van der Waals surface area (Å²) in [5.74, 6) is 0.161. The smallest absolute Gasteiger partial charge is 0.305 e. The van der Waals surface area contributed by atoms with Crippen molar-refractivity contribution >= 4 is 5.97 Å². The standard InChI is InChI=1S/C22H44O3/c1-5-6-7-8-9-10-11-12-13-14-15-16-17-18-21(20(2)24-3)19-22(23)25-4/h20-21H,5-19H2,1-4H3. The van der Waals surface area contributed by atoms with Crippen molar-refractivity contribution in [2.45, 2.75) is 116 Å². The molecule has 0 N–H and O–H groups in total. The molecule has 150 valence electrons. The summed E-state index contributed by atoms with van der Waals surface area (Å²) >= 11 is 0. The molecule has 0 aliphatic rings. The molecule has 3 nitrogen and oxygen atoms in total. The molecular weight excluding hydrogens is 312 g/mol. The first-order valence-corrected chi connectivity index (χ1v) is 10.7. The molecule has 0 spiro atoms. The molecule has 0 heterocycles. The molecule has 3 heteroatoms. The van der Waals surface area contributed by atoms with E-state index in [-0.39, 0.29) is 18.0 Å². The van der Waals surface area contributed by atoms with Gasteiger partial charge >= 0.3 is 5.97 Å². The minimum atomic E-state index is -0.122. The summed E-state index contributed by atoms with van der Waals surface area (Å²) in [6.45, 7) is 4.33.